The van der Waals surface area contributed by atoms with Gasteiger partial charge in [0.1, 0.15) is 0 Å². The topological polar surface area (TPSA) is 40.7 Å². The molecule has 0 radical (unpaired) electrons. The van der Waals surface area contributed by atoms with Crippen LogP contribution >= 0.6 is 15.9 Å². The Kier molecular flexibility index (Phi) is 3.21. The molecule has 118 valence electrons. The minimum absolute atomic E-state index is 0.174. The van der Waals surface area contributed by atoms with Crippen molar-refractivity contribution < 1.29 is 0 Å². The van der Waals surface area contributed by atoms with Crippen LogP contribution in [-0.2, 0) is 6.42 Å². The van der Waals surface area contributed by atoms with Crippen LogP contribution in [0.3, 0.4) is 0 Å². The molecule has 2 aromatic heterocycles. The van der Waals surface area contributed by atoms with E-state index in [1.165, 1.54) is 33.1 Å². The molecule has 0 fully saturated rings. The van der Waals surface area contributed by atoms with Gasteiger partial charge in [-0.05, 0) is 47.9 Å². The number of para-hydroxylation sites is 1. The Bertz CT molecular complexity index is 1060. The number of hydrogen-bond acceptors (Lipinski definition) is 2. The summed E-state index contributed by atoms with van der Waals surface area (Å²) in [6.45, 7) is 0.980. The average molecular weight is 378 g/mol. The van der Waals surface area contributed by atoms with Crippen molar-refractivity contribution in [3.05, 3.63) is 76.0 Å². The van der Waals surface area contributed by atoms with Crippen molar-refractivity contribution in [2.45, 2.75) is 12.5 Å². The van der Waals surface area contributed by atoms with Crippen molar-refractivity contribution in [1.29, 1.82) is 0 Å². The minimum Gasteiger partial charge on any atom is -0.357 e. The van der Waals surface area contributed by atoms with Crippen molar-refractivity contribution >= 4 is 37.7 Å². The van der Waals surface area contributed by atoms with Gasteiger partial charge in [0.25, 0.3) is 0 Å². The second-order valence-electron chi connectivity index (χ2n) is 6.26. The number of benzene rings is 2. The third kappa shape index (κ3) is 2.10. The van der Waals surface area contributed by atoms with Gasteiger partial charge < -0.3 is 10.3 Å². The highest BCUT2D eigenvalue weighted by molar-refractivity contribution is 9.10. The highest BCUT2D eigenvalue weighted by Gasteiger charge is 2.26. The first-order chi connectivity index (χ1) is 11.8. The van der Waals surface area contributed by atoms with E-state index in [0.717, 1.165) is 23.0 Å². The van der Waals surface area contributed by atoms with Crippen molar-refractivity contribution in [2.75, 3.05) is 6.54 Å². The lowest BCUT2D eigenvalue weighted by molar-refractivity contribution is 0.563. The molecule has 0 saturated heterocycles. The van der Waals surface area contributed by atoms with Crippen LogP contribution in [0.1, 0.15) is 22.9 Å². The molecule has 1 atom stereocenters. The molecule has 5 rings (SSSR count). The van der Waals surface area contributed by atoms with Crippen LogP contribution in [0.2, 0.25) is 0 Å². The van der Waals surface area contributed by atoms with E-state index in [1.54, 1.807) is 0 Å². The molecular formula is C20H16BrN3. The Morgan fingerprint density at radius 2 is 1.96 bits per heavy atom. The lowest BCUT2D eigenvalue weighted by Gasteiger charge is -2.25. The van der Waals surface area contributed by atoms with E-state index in [0.29, 0.717) is 0 Å². The van der Waals surface area contributed by atoms with E-state index < -0.39 is 0 Å². The van der Waals surface area contributed by atoms with Gasteiger partial charge in [0.05, 0.1) is 11.6 Å². The molecule has 0 bridgehead atoms. The fourth-order valence-electron chi connectivity index (χ4n) is 3.84. The van der Waals surface area contributed by atoms with Gasteiger partial charge in [0, 0.05) is 39.2 Å². The molecule has 0 spiro atoms. The number of nitrogens with zero attached hydrogens (tertiary/aromatic N) is 1. The fraction of sp³-hybridized carbons (Fsp3) is 0.150. The van der Waals surface area contributed by atoms with Crippen molar-refractivity contribution in [1.82, 2.24) is 15.3 Å². The Morgan fingerprint density at radius 3 is 2.92 bits per heavy atom. The number of nitrogens with one attached hydrogen (secondary N) is 2. The summed E-state index contributed by atoms with van der Waals surface area (Å²) in [6.07, 6.45) is 2.96. The molecule has 3 nitrogen and oxygen atoms in total. The predicted molar refractivity (Wildman–Crippen MR) is 101 cm³/mol. The number of aromatic amines is 1. The molecule has 1 unspecified atom stereocenters. The van der Waals surface area contributed by atoms with Crippen LogP contribution < -0.4 is 5.32 Å². The summed E-state index contributed by atoms with van der Waals surface area (Å²) >= 11 is 3.60. The number of H-pyrrole nitrogens is 1. The quantitative estimate of drug-likeness (QED) is 0.504. The van der Waals surface area contributed by atoms with Crippen molar-refractivity contribution in [3.8, 4) is 0 Å². The Hall–Kier alpha value is -2.17. The van der Waals surface area contributed by atoms with E-state index >= 15 is 0 Å². The van der Waals surface area contributed by atoms with E-state index in [-0.39, 0.29) is 6.04 Å². The third-order valence-corrected chi connectivity index (χ3v) is 5.40. The summed E-state index contributed by atoms with van der Waals surface area (Å²) in [6, 6.07) is 17.1. The number of hydrogen-bond donors (Lipinski definition) is 2. The van der Waals surface area contributed by atoms with Gasteiger partial charge in [-0.25, -0.2) is 0 Å². The van der Waals surface area contributed by atoms with Gasteiger partial charge in [0.15, 0.2) is 0 Å². The SMILES string of the molecule is Brc1ccc2[nH]c3c(c2c1)CCNC3c1ccnc2ccccc12. The average Bonchev–Trinajstić information content (AvgIpc) is 2.99. The second kappa shape index (κ2) is 5.43. The number of aromatic nitrogens is 2. The Balaban J connectivity index is 1.75. The van der Waals surface area contributed by atoms with Crippen LogP contribution in [0.4, 0.5) is 0 Å². The summed E-state index contributed by atoms with van der Waals surface area (Å²) in [7, 11) is 0. The maximum atomic E-state index is 4.50. The standard InChI is InChI=1S/C20H16BrN3/c21-12-5-6-18-16(11-12)15-8-10-23-19(20(15)24-18)14-7-9-22-17-4-2-1-3-13(14)17/h1-7,9,11,19,23-24H,8,10H2. The largest absolute Gasteiger partial charge is 0.357 e. The summed E-state index contributed by atoms with van der Waals surface area (Å²) in [4.78, 5) is 8.16. The molecule has 1 aliphatic heterocycles. The zero-order valence-electron chi connectivity index (χ0n) is 13.0. The Labute approximate surface area is 148 Å². The molecule has 4 heteroatoms. The summed E-state index contributed by atoms with van der Waals surface area (Å²) in [5.41, 5.74) is 6.24. The number of fused-ring (bicyclic) bond motifs is 4. The number of pyridine rings is 1. The second-order valence-corrected chi connectivity index (χ2v) is 7.18. The smallest absolute Gasteiger partial charge is 0.0739 e. The van der Waals surface area contributed by atoms with Crippen LogP contribution in [0.25, 0.3) is 21.8 Å². The van der Waals surface area contributed by atoms with Crippen LogP contribution in [0, 0.1) is 0 Å². The van der Waals surface area contributed by atoms with E-state index in [1.807, 2.05) is 12.3 Å². The molecular weight excluding hydrogens is 362 g/mol. The molecule has 0 aliphatic carbocycles. The summed E-state index contributed by atoms with van der Waals surface area (Å²) < 4.78 is 1.13. The lowest BCUT2D eigenvalue weighted by atomic mass is 9.92. The first-order valence-corrected chi connectivity index (χ1v) is 8.97. The molecule has 3 heterocycles. The fourth-order valence-corrected chi connectivity index (χ4v) is 4.20. The van der Waals surface area contributed by atoms with Crippen LogP contribution in [-0.4, -0.2) is 16.5 Å². The maximum Gasteiger partial charge on any atom is 0.0739 e. The molecule has 1 aliphatic rings. The van der Waals surface area contributed by atoms with Gasteiger partial charge in [-0.15, -0.1) is 0 Å². The lowest BCUT2D eigenvalue weighted by Crippen LogP contribution is -2.30. The zero-order chi connectivity index (χ0) is 16.1. The van der Waals surface area contributed by atoms with Gasteiger partial charge in [-0.1, -0.05) is 34.1 Å². The van der Waals surface area contributed by atoms with Gasteiger partial charge in [-0.2, -0.15) is 0 Å². The molecule has 0 amide bonds. The number of halogens is 1. The van der Waals surface area contributed by atoms with Gasteiger partial charge >= 0.3 is 0 Å². The molecule has 2 aromatic carbocycles. The Morgan fingerprint density at radius 1 is 1.04 bits per heavy atom. The minimum atomic E-state index is 0.174. The first-order valence-electron chi connectivity index (χ1n) is 8.18. The van der Waals surface area contributed by atoms with Crippen molar-refractivity contribution in [2.24, 2.45) is 0 Å². The molecule has 24 heavy (non-hydrogen) atoms. The van der Waals surface area contributed by atoms with Crippen LogP contribution in [0.15, 0.2) is 59.2 Å². The third-order valence-electron chi connectivity index (χ3n) is 4.91. The summed E-state index contributed by atoms with van der Waals surface area (Å²) in [5.74, 6) is 0. The van der Waals surface area contributed by atoms with E-state index in [9.17, 15) is 0 Å². The maximum absolute atomic E-state index is 4.50. The van der Waals surface area contributed by atoms with E-state index in [2.05, 4.69) is 73.7 Å². The van der Waals surface area contributed by atoms with Gasteiger partial charge in [0.2, 0.25) is 0 Å². The zero-order valence-corrected chi connectivity index (χ0v) is 14.6. The first kappa shape index (κ1) is 14.2. The van der Waals surface area contributed by atoms with Crippen molar-refractivity contribution in [3.63, 3.8) is 0 Å². The highest BCUT2D eigenvalue weighted by Crippen LogP contribution is 2.36. The van der Waals surface area contributed by atoms with Gasteiger partial charge in [-0.3, -0.25) is 4.98 Å². The predicted octanol–water partition coefficient (Wildman–Crippen LogP) is 4.71. The molecule has 2 N–H and O–H groups in total. The monoisotopic (exact) mass is 377 g/mol. The highest BCUT2D eigenvalue weighted by atomic mass is 79.9. The molecule has 4 aromatic rings. The molecule has 0 saturated carbocycles. The summed E-state index contributed by atoms with van der Waals surface area (Å²) in [5, 5.41) is 6.23. The normalized spacial score (nSPS) is 17.3. The van der Waals surface area contributed by atoms with E-state index in [4.69, 9.17) is 0 Å². The van der Waals surface area contributed by atoms with Crippen LogP contribution in [0.5, 0.6) is 0 Å². The number of rotatable bonds is 1.